The molecule has 1 fully saturated rings. The summed E-state index contributed by atoms with van der Waals surface area (Å²) in [6.45, 7) is 5.26. The lowest BCUT2D eigenvalue weighted by atomic mass is 10.1. The molecular formula is C17H27ClN2O. The van der Waals surface area contributed by atoms with Gasteiger partial charge in [0.2, 0.25) is 0 Å². The third-order valence-corrected chi connectivity index (χ3v) is 4.42. The predicted molar refractivity (Wildman–Crippen MR) is 90.1 cm³/mol. The number of rotatable bonds is 6. The van der Waals surface area contributed by atoms with E-state index in [1.54, 1.807) is 0 Å². The fourth-order valence-corrected chi connectivity index (χ4v) is 3.25. The van der Waals surface area contributed by atoms with E-state index in [-0.39, 0.29) is 12.6 Å². The van der Waals surface area contributed by atoms with E-state index in [9.17, 15) is 5.11 Å². The average Bonchev–Trinajstić information content (AvgIpc) is 2.73. The van der Waals surface area contributed by atoms with Crippen LogP contribution in [0.3, 0.4) is 0 Å². The molecule has 21 heavy (non-hydrogen) atoms. The number of aliphatic hydroxyl groups excluding tert-OH is 1. The van der Waals surface area contributed by atoms with Crippen molar-refractivity contribution < 1.29 is 5.11 Å². The summed E-state index contributed by atoms with van der Waals surface area (Å²) in [5.74, 6) is 0. The first kappa shape index (κ1) is 16.6. The van der Waals surface area contributed by atoms with Crippen LogP contribution in [0.1, 0.15) is 44.6 Å². The Morgan fingerprint density at radius 3 is 2.95 bits per heavy atom. The summed E-state index contributed by atoms with van der Waals surface area (Å²) in [7, 11) is 0. The Balaban J connectivity index is 2.22. The summed E-state index contributed by atoms with van der Waals surface area (Å²) in [5, 5.41) is 14.0. The summed E-state index contributed by atoms with van der Waals surface area (Å²) in [5.41, 5.74) is 2.46. The highest BCUT2D eigenvalue weighted by molar-refractivity contribution is 6.30. The number of benzene rings is 1. The van der Waals surface area contributed by atoms with Crippen LogP contribution in [-0.2, 0) is 6.54 Å². The second-order valence-corrected chi connectivity index (χ2v) is 6.27. The van der Waals surface area contributed by atoms with Gasteiger partial charge < -0.3 is 15.3 Å². The van der Waals surface area contributed by atoms with Gasteiger partial charge in [0.05, 0.1) is 12.6 Å². The van der Waals surface area contributed by atoms with Crippen molar-refractivity contribution in [2.45, 2.75) is 51.6 Å². The summed E-state index contributed by atoms with van der Waals surface area (Å²) in [4.78, 5) is 2.38. The molecule has 0 aromatic heterocycles. The highest BCUT2D eigenvalue weighted by atomic mass is 35.5. The number of anilines is 1. The molecule has 0 spiro atoms. The second kappa shape index (κ2) is 8.62. The highest BCUT2D eigenvalue weighted by Crippen LogP contribution is 2.29. The molecule has 1 aliphatic rings. The van der Waals surface area contributed by atoms with Gasteiger partial charge in [-0.2, -0.15) is 0 Å². The van der Waals surface area contributed by atoms with Gasteiger partial charge in [0.25, 0.3) is 0 Å². The number of hydrogen-bond donors (Lipinski definition) is 2. The molecule has 1 heterocycles. The normalized spacial score (nSPS) is 19.6. The molecule has 4 heteroatoms. The van der Waals surface area contributed by atoms with Crippen LogP contribution in [0.25, 0.3) is 0 Å². The first-order valence-electron chi connectivity index (χ1n) is 8.13. The van der Waals surface area contributed by atoms with Crippen LogP contribution >= 0.6 is 11.6 Å². The first-order valence-corrected chi connectivity index (χ1v) is 8.50. The molecule has 1 atom stereocenters. The van der Waals surface area contributed by atoms with Crippen molar-refractivity contribution in [3.8, 4) is 0 Å². The largest absolute Gasteiger partial charge is 0.394 e. The molecule has 118 valence electrons. The summed E-state index contributed by atoms with van der Waals surface area (Å²) < 4.78 is 0. The molecule has 2 rings (SSSR count). The third-order valence-electron chi connectivity index (χ3n) is 4.18. The Morgan fingerprint density at radius 1 is 1.33 bits per heavy atom. The monoisotopic (exact) mass is 310 g/mol. The molecule has 0 aliphatic carbocycles. The molecule has 1 saturated heterocycles. The molecule has 0 saturated carbocycles. The minimum absolute atomic E-state index is 0.227. The maximum absolute atomic E-state index is 9.72. The Bertz CT molecular complexity index is 439. The topological polar surface area (TPSA) is 35.5 Å². The molecule has 1 unspecified atom stereocenters. The molecule has 3 nitrogen and oxygen atoms in total. The standard InChI is InChI=1S/C17H27ClN2O/c1-2-9-19-12-14-11-15(18)7-8-17(14)20-10-5-3-4-6-16(20)13-21/h7-8,11,16,19,21H,2-6,9-10,12-13H2,1H3. The Labute approximate surface area is 133 Å². The smallest absolute Gasteiger partial charge is 0.0635 e. The third kappa shape index (κ3) is 4.60. The van der Waals surface area contributed by atoms with Gasteiger partial charge in [0.1, 0.15) is 0 Å². The van der Waals surface area contributed by atoms with Crippen molar-refractivity contribution in [1.29, 1.82) is 0 Å². The average molecular weight is 311 g/mol. The van der Waals surface area contributed by atoms with Crippen molar-refractivity contribution in [2.24, 2.45) is 0 Å². The maximum Gasteiger partial charge on any atom is 0.0635 e. The molecule has 1 aliphatic heterocycles. The summed E-state index contributed by atoms with van der Waals surface area (Å²) in [6.07, 6.45) is 5.85. The van der Waals surface area contributed by atoms with E-state index in [0.29, 0.717) is 0 Å². The van der Waals surface area contributed by atoms with E-state index in [0.717, 1.165) is 37.5 Å². The van der Waals surface area contributed by atoms with Gasteiger partial charge in [-0.3, -0.25) is 0 Å². The number of nitrogens with one attached hydrogen (secondary N) is 1. The fourth-order valence-electron chi connectivity index (χ4n) is 3.06. The van der Waals surface area contributed by atoms with Crippen molar-refractivity contribution in [3.63, 3.8) is 0 Å². The van der Waals surface area contributed by atoms with E-state index >= 15 is 0 Å². The lowest BCUT2D eigenvalue weighted by Gasteiger charge is -2.32. The molecule has 1 aromatic rings. The predicted octanol–water partition coefficient (Wildman–Crippen LogP) is 3.58. The van der Waals surface area contributed by atoms with Crippen molar-refractivity contribution >= 4 is 17.3 Å². The lowest BCUT2D eigenvalue weighted by molar-refractivity contribution is 0.255. The van der Waals surface area contributed by atoms with Gasteiger partial charge in [0.15, 0.2) is 0 Å². The van der Waals surface area contributed by atoms with E-state index in [1.165, 1.54) is 30.5 Å². The minimum Gasteiger partial charge on any atom is -0.394 e. The van der Waals surface area contributed by atoms with Crippen LogP contribution in [0.15, 0.2) is 18.2 Å². The van der Waals surface area contributed by atoms with Crippen molar-refractivity contribution in [3.05, 3.63) is 28.8 Å². The van der Waals surface area contributed by atoms with Gasteiger partial charge in [-0.05, 0) is 49.6 Å². The van der Waals surface area contributed by atoms with Crippen LogP contribution in [0.2, 0.25) is 5.02 Å². The van der Waals surface area contributed by atoms with Gasteiger partial charge >= 0.3 is 0 Å². The Kier molecular flexibility index (Phi) is 6.81. The van der Waals surface area contributed by atoms with E-state index in [1.807, 2.05) is 6.07 Å². The highest BCUT2D eigenvalue weighted by Gasteiger charge is 2.22. The zero-order valence-corrected chi connectivity index (χ0v) is 13.7. The molecule has 2 N–H and O–H groups in total. The molecule has 0 bridgehead atoms. The fraction of sp³-hybridized carbons (Fsp3) is 0.647. The lowest BCUT2D eigenvalue weighted by Crippen LogP contribution is -2.38. The molecular weight excluding hydrogens is 284 g/mol. The van der Waals surface area contributed by atoms with Crippen LogP contribution in [0.5, 0.6) is 0 Å². The van der Waals surface area contributed by atoms with E-state index in [4.69, 9.17) is 11.6 Å². The zero-order chi connectivity index (χ0) is 15.1. The number of nitrogens with zero attached hydrogens (tertiary/aromatic N) is 1. The SMILES string of the molecule is CCCNCc1cc(Cl)ccc1N1CCCCCC1CO. The van der Waals surface area contributed by atoms with Crippen LogP contribution in [0.4, 0.5) is 5.69 Å². The molecule has 0 amide bonds. The number of aliphatic hydroxyl groups is 1. The first-order chi connectivity index (χ1) is 10.3. The van der Waals surface area contributed by atoms with Crippen molar-refractivity contribution in [2.75, 3.05) is 24.6 Å². The van der Waals surface area contributed by atoms with Gasteiger partial charge in [0, 0.05) is 23.8 Å². The maximum atomic E-state index is 9.72. The van der Waals surface area contributed by atoms with Crippen LogP contribution < -0.4 is 10.2 Å². The second-order valence-electron chi connectivity index (χ2n) is 5.83. The van der Waals surface area contributed by atoms with E-state index < -0.39 is 0 Å². The number of hydrogen-bond acceptors (Lipinski definition) is 3. The van der Waals surface area contributed by atoms with Crippen LogP contribution in [0, 0.1) is 0 Å². The summed E-state index contributed by atoms with van der Waals surface area (Å²) >= 11 is 6.18. The van der Waals surface area contributed by atoms with Crippen molar-refractivity contribution in [1.82, 2.24) is 5.32 Å². The molecule has 1 aromatic carbocycles. The minimum atomic E-state index is 0.227. The van der Waals surface area contributed by atoms with Gasteiger partial charge in [-0.15, -0.1) is 0 Å². The van der Waals surface area contributed by atoms with Gasteiger partial charge in [-0.25, -0.2) is 0 Å². The Morgan fingerprint density at radius 2 is 2.19 bits per heavy atom. The van der Waals surface area contributed by atoms with Gasteiger partial charge in [-0.1, -0.05) is 31.4 Å². The quantitative estimate of drug-likeness (QED) is 0.788. The molecule has 0 radical (unpaired) electrons. The van der Waals surface area contributed by atoms with E-state index in [2.05, 4.69) is 29.3 Å². The summed E-state index contributed by atoms with van der Waals surface area (Å²) in [6, 6.07) is 6.36. The van der Waals surface area contributed by atoms with Crippen LogP contribution in [-0.4, -0.2) is 30.8 Å². The number of halogens is 1. The Hall–Kier alpha value is -0.770. The zero-order valence-electron chi connectivity index (χ0n) is 12.9.